The Kier molecular flexibility index (Phi) is 6.56. The summed E-state index contributed by atoms with van der Waals surface area (Å²) < 4.78 is 0. The molecule has 0 saturated heterocycles. The minimum Gasteiger partial charge on any atom is -0.512 e. The van der Waals surface area contributed by atoms with Crippen molar-refractivity contribution in [3.8, 4) is 0 Å². The second-order valence-electron chi connectivity index (χ2n) is 14.4. The molecule has 1 nitrogen and oxygen atoms in total. The maximum atomic E-state index is 10.9. The molecule has 0 aromatic rings. The summed E-state index contributed by atoms with van der Waals surface area (Å²) in [5.74, 6) is 3.69. The topological polar surface area (TPSA) is 20.2 Å². The van der Waals surface area contributed by atoms with Crippen LogP contribution in [-0.2, 0) is 32.7 Å². The molecule has 0 aliphatic heterocycles. The molecular formula is C32H49OY-. The van der Waals surface area contributed by atoms with Crippen LogP contribution in [0.4, 0.5) is 0 Å². The maximum absolute atomic E-state index is 10.9. The number of hydrogen-bond acceptors (Lipinski definition) is 1. The van der Waals surface area contributed by atoms with Crippen LogP contribution in [0.1, 0.15) is 99.3 Å². The monoisotopic (exact) mass is 538 g/mol. The van der Waals surface area contributed by atoms with Crippen molar-refractivity contribution in [1.82, 2.24) is 0 Å². The third kappa shape index (κ3) is 3.14. The van der Waals surface area contributed by atoms with Crippen molar-refractivity contribution in [3.63, 3.8) is 0 Å². The molecule has 0 amide bonds. The van der Waals surface area contributed by atoms with Crippen LogP contribution in [0.3, 0.4) is 0 Å². The standard InChI is InChI=1S/C32H49O.Y/c1-20(2)23-13-17-32(22(4)33)19-18-30(8)24(27(23)32)10-11-26-29(7)15-12-21(3)28(5,6)25(29)14-16-31(26,30)9;/h12,23-27,33H,1,3-4,10-11,13-19H2,2,5-9H3;/q-1;/t23-,24+,25-,26+,27+,29-,30+,31+,32+;/m0./s1. The second-order valence-corrected chi connectivity index (χ2v) is 14.4. The Hall–Kier alpha value is -0.00610. The summed E-state index contributed by atoms with van der Waals surface area (Å²) in [4.78, 5) is 0. The molecule has 4 saturated carbocycles. The first kappa shape index (κ1) is 27.0. The molecule has 1 N–H and O–H groups in total. The van der Waals surface area contributed by atoms with Crippen molar-refractivity contribution >= 4 is 0 Å². The quantitative estimate of drug-likeness (QED) is 0.211. The molecule has 5 aliphatic carbocycles. The molecule has 0 aromatic carbocycles. The average Bonchev–Trinajstić information content (AvgIpc) is 3.13. The minimum atomic E-state index is -0.0730. The van der Waals surface area contributed by atoms with Crippen molar-refractivity contribution in [3.05, 3.63) is 43.1 Å². The Morgan fingerprint density at radius 3 is 2.21 bits per heavy atom. The molecular weight excluding hydrogens is 489 g/mol. The number of aliphatic hydroxyl groups excluding tert-OH is 1. The van der Waals surface area contributed by atoms with Gasteiger partial charge in [-0.2, -0.15) is 0 Å². The first-order valence-electron chi connectivity index (χ1n) is 13.8. The van der Waals surface area contributed by atoms with E-state index >= 15 is 0 Å². The molecule has 0 heterocycles. The molecule has 2 heteroatoms. The Balaban J connectivity index is 0.00000274. The van der Waals surface area contributed by atoms with E-state index in [-0.39, 0.29) is 43.5 Å². The van der Waals surface area contributed by atoms with Gasteiger partial charge in [0.05, 0.1) is 5.76 Å². The average molecular weight is 539 g/mol. The van der Waals surface area contributed by atoms with Gasteiger partial charge in [-0.15, -0.1) is 0 Å². The predicted octanol–water partition coefficient (Wildman–Crippen LogP) is 9.08. The van der Waals surface area contributed by atoms with E-state index in [1.807, 2.05) is 0 Å². The van der Waals surface area contributed by atoms with Crippen molar-refractivity contribution in [2.24, 2.45) is 56.7 Å². The molecule has 0 bridgehead atoms. The van der Waals surface area contributed by atoms with Gasteiger partial charge in [0, 0.05) is 38.1 Å². The van der Waals surface area contributed by atoms with E-state index in [9.17, 15) is 5.11 Å². The van der Waals surface area contributed by atoms with E-state index in [4.69, 9.17) is 0 Å². The molecule has 0 aromatic heterocycles. The Labute approximate surface area is 235 Å². The van der Waals surface area contributed by atoms with Gasteiger partial charge in [-0.25, -0.2) is 18.6 Å². The van der Waals surface area contributed by atoms with Crippen LogP contribution < -0.4 is 0 Å². The number of rotatable bonds is 2. The third-order valence-electron chi connectivity index (χ3n) is 13.4. The smallest absolute Gasteiger partial charge is 0.0915 e. The molecule has 0 unspecified atom stereocenters. The summed E-state index contributed by atoms with van der Waals surface area (Å²) in [5.41, 5.74) is 3.88. The SMILES string of the molecule is C=C(C)[C@@H]1CC[C@]2(C(=C)O)CC[C@]3(C)[C@H](CC[C@@H]4[C@@]5(C)CC=C([CH2-])C(C)(C)[C@@H]5CC[C@]43C)[C@@H]12.[Y]. The summed E-state index contributed by atoms with van der Waals surface area (Å²) in [5, 5.41) is 10.9. The van der Waals surface area contributed by atoms with Crippen LogP contribution in [-0.4, -0.2) is 5.11 Å². The first-order valence-corrected chi connectivity index (χ1v) is 13.8. The molecule has 34 heavy (non-hydrogen) atoms. The zero-order chi connectivity index (χ0) is 24.2. The van der Waals surface area contributed by atoms with Gasteiger partial charge in [0.25, 0.3) is 0 Å². The zero-order valence-corrected chi connectivity index (χ0v) is 25.8. The van der Waals surface area contributed by atoms with Gasteiger partial charge >= 0.3 is 0 Å². The number of fused-ring (bicyclic) bond motifs is 7. The molecule has 5 rings (SSSR count). The molecule has 9 atom stereocenters. The Morgan fingerprint density at radius 2 is 1.59 bits per heavy atom. The van der Waals surface area contributed by atoms with Crippen molar-refractivity contribution in [2.45, 2.75) is 99.3 Å². The van der Waals surface area contributed by atoms with Gasteiger partial charge in [-0.3, -0.25) is 0 Å². The van der Waals surface area contributed by atoms with Crippen LogP contribution in [0.5, 0.6) is 0 Å². The van der Waals surface area contributed by atoms with Gasteiger partial charge in [0.1, 0.15) is 0 Å². The van der Waals surface area contributed by atoms with E-state index in [1.54, 1.807) is 0 Å². The normalized spacial score (nSPS) is 51.0. The van der Waals surface area contributed by atoms with Crippen LogP contribution in [0.25, 0.3) is 0 Å². The fraction of sp³-hybridized carbons (Fsp3) is 0.781. The van der Waals surface area contributed by atoms with E-state index in [2.05, 4.69) is 67.7 Å². The fourth-order valence-corrected chi connectivity index (χ4v) is 11.3. The van der Waals surface area contributed by atoms with Crippen LogP contribution in [0.2, 0.25) is 0 Å². The molecule has 187 valence electrons. The number of hydrogen-bond donors (Lipinski definition) is 1. The summed E-state index contributed by atoms with van der Waals surface area (Å²) in [7, 11) is 0. The Morgan fingerprint density at radius 1 is 0.912 bits per heavy atom. The van der Waals surface area contributed by atoms with E-state index in [0.29, 0.717) is 39.8 Å². The maximum Gasteiger partial charge on any atom is 0.0915 e. The van der Waals surface area contributed by atoms with E-state index in [0.717, 1.165) is 24.7 Å². The van der Waals surface area contributed by atoms with Gasteiger partial charge < -0.3 is 5.11 Å². The van der Waals surface area contributed by atoms with Gasteiger partial charge in [-0.05, 0) is 110 Å². The summed E-state index contributed by atoms with van der Waals surface area (Å²) >= 11 is 0. The Bertz CT molecular complexity index is 914. The summed E-state index contributed by atoms with van der Waals surface area (Å²) in [6.07, 6.45) is 13.7. The van der Waals surface area contributed by atoms with Crippen molar-refractivity contribution < 1.29 is 37.8 Å². The third-order valence-corrected chi connectivity index (χ3v) is 13.4. The predicted molar refractivity (Wildman–Crippen MR) is 140 cm³/mol. The molecule has 1 radical (unpaired) electrons. The molecule has 5 aliphatic rings. The van der Waals surface area contributed by atoms with Crippen LogP contribution >= 0.6 is 0 Å². The van der Waals surface area contributed by atoms with Crippen molar-refractivity contribution in [2.75, 3.05) is 0 Å². The second kappa shape index (κ2) is 8.25. The van der Waals surface area contributed by atoms with Gasteiger partial charge in [0.2, 0.25) is 0 Å². The molecule has 4 fully saturated rings. The van der Waals surface area contributed by atoms with Gasteiger partial charge in [0.15, 0.2) is 0 Å². The fourth-order valence-electron chi connectivity index (χ4n) is 11.3. The number of aliphatic hydroxyl groups is 1. The van der Waals surface area contributed by atoms with Crippen molar-refractivity contribution in [1.29, 1.82) is 0 Å². The first-order chi connectivity index (χ1) is 15.3. The van der Waals surface area contributed by atoms with E-state index in [1.165, 1.54) is 56.1 Å². The summed E-state index contributed by atoms with van der Waals surface area (Å²) in [6, 6.07) is 0. The van der Waals surface area contributed by atoms with Gasteiger partial charge in [-0.1, -0.05) is 59.8 Å². The summed E-state index contributed by atoms with van der Waals surface area (Å²) in [6.45, 7) is 28.2. The minimum absolute atomic E-state index is 0. The zero-order valence-electron chi connectivity index (χ0n) is 23.0. The molecule has 0 spiro atoms. The number of allylic oxidation sites excluding steroid dienone is 4. The van der Waals surface area contributed by atoms with E-state index < -0.39 is 0 Å². The van der Waals surface area contributed by atoms with Crippen LogP contribution in [0, 0.1) is 63.6 Å². The van der Waals surface area contributed by atoms with Crippen LogP contribution in [0.15, 0.2) is 36.1 Å². The largest absolute Gasteiger partial charge is 0.512 e.